The van der Waals surface area contributed by atoms with Gasteiger partial charge in [-0.1, -0.05) is 6.07 Å². The summed E-state index contributed by atoms with van der Waals surface area (Å²) < 4.78 is 1.42. The van der Waals surface area contributed by atoms with Gasteiger partial charge in [-0.3, -0.25) is 9.78 Å². The molecule has 6 heteroatoms. The molecule has 18 heavy (non-hydrogen) atoms. The van der Waals surface area contributed by atoms with Crippen LogP contribution in [0.25, 0.3) is 17.0 Å². The van der Waals surface area contributed by atoms with Gasteiger partial charge in [0, 0.05) is 12.4 Å². The van der Waals surface area contributed by atoms with Crippen molar-refractivity contribution in [3.63, 3.8) is 0 Å². The number of imidazole rings is 1. The number of pyridine rings is 1. The number of carbonyl (C=O) groups is 1. The number of amides is 1. The van der Waals surface area contributed by atoms with Crippen molar-refractivity contribution in [1.29, 1.82) is 0 Å². The van der Waals surface area contributed by atoms with E-state index in [9.17, 15) is 4.79 Å². The van der Waals surface area contributed by atoms with E-state index in [2.05, 4.69) is 15.1 Å². The van der Waals surface area contributed by atoms with Crippen molar-refractivity contribution in [3.8, 4) is 11.4 Å². The van der Waals surface area contributed by atoms with E-state index in [0.29, 0.717) is 17.0 Å². The molecule has 3 aromatic heterocycles. The van der Waals surface area contributed by atoms with Crippen LogP contribution in [0.4, 0.5) is 0 Å². The van der Waals surface area contributed by atoms with E-state index >= 15 is 0 Å². The number of aromatic nitrogens is 4. The second-order valence-electron chi connectivity index (χ2n) is 3.68. The zero-order valence-electron chi connectivity index (χ0n) is 9.32. The molecule has 3 aromatic rings. The van der Waals surface area contributed by atoms with E-state index in [1.54, 1.807) is 36.7 Å². The van der Waals surface area contributed by atoms with E-state index in [1.165, 1.54) is 4.52 Å². The van der Waals surface area contributed by atoms with Gasteiger partial charge in [0.15, 0.2) is 11.3 Å². The van der Waals surface area contributed by atoms with Crippen molar-refractivity contribution in [1.82, 2.24) is 19.6 Å². The van der Waals surface area contributed by atoms with Crippen LogP contribution in [-0.2, 0) is 0 Å². The SMILES string of the molecule is NC(=O)c1c(-c2ccccn2)nc2cccnn12. The van der Waals surface area contributed by atoms with Gasteiger partial charge in [0.2, 0.25) is 0 Å². The van der Waals surface area contributed by atoms with Gasteiger partial charge in [0.25, 0.3) is 5.91 Å². The van der Waals surface area contributed by atoms with Gasteiger partial charge in [-0.15, -0.1) is 0 Å². The highest BCUT2D eigenvalue weighted by atomic mass is 16.1. The molecule has 6 nitrogen and oxygen atoms in total. The molecule has 0 saturated carbocycles. The number of hydrogen-bond donors (Lipinski definition) is 1. The molecule has 3 heterocycles. The summed E-state index contributed by atoms with van der Waals surface area (Å²) in [6.07, 6.45) is 3.21. The van der Waals surface area contributed by atoms with Crippen molar-refractivity contribution in [3.05, 3.63) is 48.4 Å². The number of hydrogen-bond acceptors (Lipinski definition) is 4. The molecular weight excluding hydrogens is 230 g/mol. The molecular formula is C12H9N5O. The van der Waals surface area contributed by atoms with Crippen LogP contribution in [0, 0.1) is 0 Å². The maximum Gasteiger partial charge on any atom is 0.269 e. The fourth-order valence-corrected chi connectivity index (χ4v) is 1.79. The third-order valence-corrected chi connectivity index (χ3v) is 2.53. The van der Waals surface area contributed by atoms with E-state index < -0.39 is 5.91 Å². The molecule has 0 fully saturated rings. The standard InChI is InChI=1S/C12H9N5O/c13-12(18)11-10(8-4-1-2-6-14-8)16-9-5-3-7-15-17(9)11/h1-7H,(H2,13,18). The van der Waals surface area contributed by atoms with Gasteiger partial charge < -0.3 is 5.73 Å². The Labute approximate surface area is 102 Å². The first kappa shape index (κ1) is 10.4. The summed E-state index contributed by atoms with van der Waals surface area (Å²) in [4.78, 5) is 20.1. The van der Waals surface area contributed by atoms with Crippen LogP contribution in [0.15, 0.2) is 42.7 Å². The number of fused-ring (bicyclic) bond motifs is 1. The van der Waals surface area contributed by atoms with Crippen molar-refractivity contribution < 1.29 is 4.79 Å². The van der Waals surface area contributed by atoms with E-state index in [4.69, 9.17) is 5.73 Å². The molecule has 1 amide bonds. The summed E-state index contributed by atoms with van der Waals surface area (Å²) in [5, 5.41) is 4.07. The lowest BCUT2D eigenvalue weighted by Gasteiger charge is -1.98. The van der Waals surface area contributed by atoms with Crippen molar-refractivity contribution in [2.45, 2.75) is 0 Å². The fourth-order valence-electron chi connectivity index (χ4n) is 1.79. The Hall–Kier alpha value is -2.76. The second kappa shape index (κ2) is 3.92. The maximum atomic E-state index is 11.6. The molecule has 0 radical (unpaired) electrons. The number of rotatable bonds is 2. The first-order chi connectivity index (χ1) is 8.77. The molecule has 0 aromatic carbocycles. The second-order valence-corrected chi connectivity index (χ2v) is 3.68. The normalized spacial score (nSPS) is 10.7. The quantitative estimate of drug-likeness (QED) is 0.719. The van der Waals surface area contributed by atoms with Gasteiger partial charge in [-0.2, -0.15) is 5.10 Å². The summed E-state index contributed by atoms with van der Waals surface area (Å²) in [6.45, 7) is 0. The van der Waals surface area contributed by atoms with Crippen LogP contribution in [0.2, 0.25) is 0 Å². The lowest BCUT2D eigenvalue weighted by molar-refractivity contribution is 0.0994. The van der Waals surface area contributed by atoms with Crippen molar-refractivity contribution in [2.75, 3.05) is 0 Å². The summed E-state index contributed by atoms with van der Waals surface area (Å²) in [5.41, 5.74) is 7.24. The third-order valence-electron chi connectivity index (χ3n) is 2.53. The fraction of sp³-hybridized carbons (Fsp3) is 0. The smallest absolute Gasteiger partial charge is 0.269 e. The van der Waals surface area contributed by atoms with Crippen molar-refractivity contribution in [2.24, 2.45) is 5.73 Å². The zero-order valence-corrected chi connectivity index (χ0v) is 9.32. The molecule has 0 spiro atoms. The average molecular weight is 239 g/mol. The van der Waals surface area contributed by atoms with Gasteiger partial charge in [-0.05, 0) is 24.3 Å². The van der Waals surface area contributed by atoms with Gasteiger partial charge in [0.05, 0.1) is 5.69 Å². The lowest BCUT2D eigenvalue weighted by Crippen LogP contribution is -2.16. The zero-order chi connectivity index (χ0) is 12.5. The first-order valence-electron chi connectivity index (χ1n) is 5.32. The number of nitrogens with two attached hydrogens (primary N) is 1. The Morgan fingerprint density at radius 1 is 1.17 bits per heavy atom. The summed E-state index contributed by atoms with van der Waals surface area (Å²) in [7, 11) is 0. The van der Waals surface area contributed by atoms with Gasteiger partial charge in [-0.25, -0.2) is 9.50 Å². The minimum Gasteiger partial charge on any atom is -0.364 e. The van der Waals surface area contributed by atoms with Crippen LogP contribution in [0.1, 0.15) is 10.5 Å². The van der Waals surface area contributed by atoms with E-state index in [-0.39, 0.29) is 5.69 Å². The molecule has 0 saturated heterocycles. The molecule has 0 atom stereocenters. The molecule has 0 aliphatic heterocycles. The van der Waals surface area contributed by atoms with Crippen LogP contribution < -0.4 is 5.73 Å². The van der Waals surface area contributed by atoms with Crippen LogP contribution in [-0.4, -0.2) is 25.5 Å². The maximum absolute atomic E-state index is 11.6. The van der Waals surface area contributed by atoms with Crippen LogP contribution >= 0.6 is 0 Å². The Kier molecular flexibility index (Phi) is 2.26. The Morgan fingerprint density at radius 3 is 2.78 bits per heavy atom. The van der Waals surface area contributed by atoms with Crippen molar-refractivity contribution >= 4 is 11.6 Å². The predicted molar refractivity (Wildman–Crippen MR) is 64.7 cm³/mol. The molecule has 0 aliphatic rings. The number of carbonyl (C=O) groups excluding carboxylic acids is 1. The summed E-state index contributed by atoms with van der Waals surface area (Å²) in [6, 6.07) is 8.89. The molecule has 0 bridgehead atoms. The highest BCUT2D eigenvalue weighted by Crippen LogP contribution is 2.21. The predicted octanol–water partition coefficient (Wildman–Crippen LogP) is 0.890. The molecule has 0 unspecified atom stereocenters. The summed E-state index contributed by atoms with van der Waals surface area (Å²) >= 11 is 0. The average Bonchev–Trinajstić information content (AvgIpc) is 2.79. The van der Waals surface area contributed by atoms with Crippen LogP contribution in [0.5, 0.6) is 0 Å². The number of nitrogens with zero attached hydrogens (tertiary/aromatic N) is 4. The molecule has 0 aliphatic carbocycles. The topological polar surface area (TPSA) is 86.2 Å². The largest absolute Gasteiger partial charge is 0.364 e. The Morgan fingerprint density at radius 2 is 2.06 bits per heavy atom. The molecule has 88 valence electrons. The van der Waals surface area contributed by atoms with Gasteiger partial charge in [0.1, 0.15) is 5.69 Å². The summed E-state index contributed by atoms with van der Waals surface area (Å²) in [5.74, 6) is -0.582. The monoisotopic (exact) mass is 239 g/mol. The van der Waals surface area contributed by atoms with Crippen LogP contribution in [0.3, 0.4) is 0 Å². The van der Waals surface area contributed by atoms with E-state index in [1.807, 2.05) is 6.07 Å². The Balaban J connectivity index is 2.36. The molecule has 3 rings (SSSR count). The highest BCUT2D eigenvalue weighted by Gasteiger charge is 2.19. The van der Waals surface area contributed by atoms with E-state index in [0.717, 1.165) is 0 Å². The number of primary amides is 1. The Bertz CT molecular complexity index is 720. The first-order valence-corrected chi connectivity index (χ1v) is 5.32. The highest BCUT2D eigenvalue weighted by molar-refractivity contribution is 5.97. The van der Waals surface area contributed by atoms with Gasteiger partial charge >= 0.3 is 0 Å². The minimum atomic E-state index is -0.582. The third kappa shape index (κ3) is 1.51. The lowest BCUT2D eigenvalue weighted by atomic mass is 10.2. The minimum absolute atomic E-state index is 0.240. The molecule has 2 N–H and O–H groups in total.